The summed E-state index contributed by atoms with van der Waals surface area (Å²) in [5, 5.41) is 2.88. The number of benzene rings is 1. The molecule has 0 atom stereocenters. The van der Waals surface area contributed by atoms with Crippen molar-refractivity contribution in [2.75, 3.05) is 11.9 Å². The van der Waals surface area contributed by atoms with Gasteiger partial charge < -0.3 is 11.1 Å². The predicted octanol–water partition coefficient (Wildman–Crippen LogP) is 2.87. The van der Waals surface area contributed by atoms with Gasteiger partial charge in [0.1, 0.15) is 0 Å². The summed E-state index contributed by atoms with van der Waals surface area (Å²) in [6.07, 6.45) is 0.951. The molecule has 0 bridgehead atoms. The lowest BCUT2D eigenvalue weighted by atomic mass is 10.2. The van der Waals surface area contributed by atoms with Gasteiger partial charge in [0.15, 0.2) is 0 Å². The largest absolute Gasteiger partial charge is 0.321 e. The fourth-order valence-corrected chi connectivity index (χ4v) is 2.52. The van der Waals surface area contributed by atoms with Crippen molar-refractivity contribution in [3.05, 3.63) is 51.7 Å². The summed E-state index contributed by atoms with van der Waals surface area (Å²) in [5.41, 5.74) is 6.97. The second-order valence-electron chi connectivity index (χ2n) is 4.16. The van der Waals surface area contributed by atoms with E-state index in [1.807, 2.05) is 36.4 Å². The normalized spacial score (nSPS) is 9.70. The second kappa shape index (κ2) is 6.90. The van der Waals surface area contributed by atoms with Gasteiger partial charge in [0.2, 0.25) is 0 Å². The van der Waals surface area contributed by atoms with Gasteiger partial charge in [-0.3, -0.25) is 4.79 Å². The smallest absolute Gasteiger partial charge is 0.265 e. The van der Waals surface area contributed by atoms with Crippen LogP contribution in [0, 0.1) is 11.8 Å². The Morgan fingerprint density at radius 1 is 1.25 bits per heavy atom. The maximum absolute atomic E-state index is 12.1. The summed E-state index contributed by atoms with van der Waals surface area (Å²) in [7, 11) is 0. The fraction of sp³-hybridized carbons (Fsp3) is 0.188. The molecule has 4 heteroatoms. The molecule has 3 N–H and O–H groups in total. The van der Waals surface area contributed by atoms with Crippen LogP contribution in [0.5, 0.6) is 0 Å². The Morgan fingerprint density at radius 2 is 2.00 bits per heavy atom. The molecule has 0 aliphatic heterocycles. The number of carbonyl (C=O) groups is 1. The summed E-state index contributed by atoms with van der Waals surface area (Å²) in [6.45, 7) is 2.42. The monoisotopic (exact) mass is 284 g/mol. The van der Waals surface area contributed by atoms with Crippen LogP contribution in [-0.2, 0) is 6.42 Å². The Labute approximate surface area is 122 Å². The van der Waals surface area contributed by atoms with E-state index in [-0.39, 0.29) is 5.91 Å². The van der Waals surface area contributed by atoms with Crippen LogP contribution in [0.25, 0.3) is 0 Å². The minimum absolute atomic E-state index is 0.0736. The van der Waals surface area contributed by atoms with Gasteiger partial charge >= 0.3 is 0 Å². The van der Waals surface area contributed by atoms with E-state index in [1.165, 1.54) is 16.2 Å². The lowest BCUT2D eigenvalue weighted by Crippen LogP contribution is -2.09. The average Bonchev–Trinajstić information content (AvgIpc) is 2.95. The van der Waals surface area contributed by atoms with E-state index in [0.717, 1.165) is 22.5 Å². The van der Waals surface area contributed by atoms with E-state index < -0.39 is 0 Å². The van der Waals surface area contributed by atoms with Crippen molar-refractivity contribution in [2.45, 2.75) is 13.3 Å². The molecule has 0 unspecified atom stereocenters. The van der Waals surface area contributed by atoms with Gasteiger partial charge in [0.05, 0.1) is 11.4 Å². The molecular formula is C16H16N2OS. The molecule has 1 amide bonds. The first kappa shape index (κ1) is 14.3. The second-order valence-corrected chi connectivity index (χ2v) is 5.33. The number of nitrogens with two attached hydrogens (primary N) is 1. The van der Waals surface area contributed by atoms with Crippen molar-refractivity contribution >= 4 is 22.9 Å². The summed E-state index contributed by atoms with van der Waals surface area (Å²) in [5.74, 6) is 5.66. The van der Waals surface area contributed by atoms with Crippen molar-refractivity contribution < 1.29 is 4.79 Å². The van der Waals surface area contributed by atoms with E-state index in [1.54, 1.807) is 0 Å². The van der Waals surface area contributed by atoms with E-state index in [2.05, 4.69) is 24.1 Å². The van der Waals surface area contributed by atoms with Gasteiger partial charge in [-0.05, 0) is 42.8 Å². The van der Waals surface area contributed by atoms with Gasteiger partial charge in [0.25, 0.3) is 5.91 Å². The Hall–Kier alpha value is -2.09. The highest BCUT2D eigenvalue weighted by Gasteiger charge is 2.08. The lowest BCUT2D eigenvalue weighted by Gasteiger charge is -2.03. The number of carbonyl (C=O) groups excluding carboxylic acids is 1. The third-order valence-electron chi connectivity index (χ3n) is 2.71. The maximum Gasteiger partial charge on any atom is 0.265 e. The quantitative estimate of drug-likeness (QED) is 0.852. The standard InChI is InChI=1S/C16H16N2OS/c1-2-14-9-10-15(20-14)16(19)18-13-7-5-12(6-8-13)4-3-11-17/h5-10H,2,11,17H2,1H3,(H,18,19). The molecule has 0 aliphatic rings. The minimum Gasteiger partial charge on any atom is -0.321 e. The van der Waals surface area contributed by atoms with Crippen molar-refractivity contribution in [1.82, 2.24) is 0 Å². The summed E-state index contributed by atoms with van der Waals surface area (Å²) in [4.78, 5) is 14.0. The number of anilines is 1. The molecule has 2 rings (SSSR count). The van der Waals surface area contributed by atoms with Crippen molar-refractivity contribution in [3.63, 3.8) is 0 Å². The number of rotatable bonds is 3. The van der Waals surface area contributed by atoms with Gasteiger partial charge in [-0.25, -0.2) is 0 Å². The highest BCUT2D eigenvalue weighted by molar-refractivity contribution is 7.14. The van der Waals surface area contributed by atoms with Crippen LogP contribution >= 0.6 is 11.3 Å². The fourth-order valence-electron chi connectivity index (χ4n) is 1.67. The van der Waals surface area contributed by atoms with Crippen LogP contribution in [0.1, 0.15) is 27.0 Å². The zero-order chi connectivity index (χ0) is 14.4. The lowest BCUT2D eigenvalue weighted by molar-refractivity contribution is 0.103. The van der Waals surface area contributed by atoms with Gasteiger partial charge in [-0.1, -0.05) is 18.8 Å². The summed E-state index contributed by atoms with van der Waals surface area (Å²) in [6, 6.07) is 11.3. The molecule has 1 aromatic carbocycles. The van der Waals surface area contributed by atoms with Crippen molar-refractivity contribution in [2.24, 2.45) is 5.73 Å². The molecule has 3 nitrogen and oxygen atoms in total. The number of aryl methyl sites for hydroxylation is 1. The zero-order valence-corrected chi connectivity index (χ0v) is 12.1. The first-order valence-electron chi connectivity index (χ1n) is 6.42. The SMILES string of the molecule is CCc1ccc(C(=O)Nc2ccc(C#CCN)cc2)s1. The number of nitrogens with one attached hydrogen (secondary N) is 1. The topological polar surface area (TPSA) is 55.1 Å². The molecule has 1 aromatic heterocycles. The predicted molar refractivity (Wildman–Crippen MR) is 84.0 cm³/mol. The maximum atomic E-state index is 12.1. The molecule has 0 fully saturated rings. The Bertz CT molecular complexity index is 647. The minimum atomic E-state index is -0.0736. The molecule has 102 valence electrons. The first-order chi connectivity index (χ1) is 9.72. The molecule has 20 heavy (non-hydrogen) atoms. The van der Waals surface area contributed by atoms with Crippen LogP contribution < -0.4 is 11.1 Å². The third-order valence-corrected chi connectivity index (χ3v) is 3.94. The Kier molecular flexibility index (Phi) is 4.94. The molecule has 2 aromatic rings. The number of thiophene rings is 1. The van der Waals surface area contributed by atoms with E-state index in [0.29, 0.717) is 6.54 Å². The highest BCUT2D eigenvalue weighted by atomic mass is 32.1. The number of hydrogen-bond donors (Lipinski definition) is 2. The zero-order valence-electron chi connectivity index (χ0n) is 11.3. The van der Waals surface area contributed by atoms with Crippen LogP contribution in [0.4, 0.5) is 5.69 Å². The van der Waals surface area contributed by atoms with Crippen LogP contribution in [0.2, 0.25) is 0 Å². The number of hydrogen-bond acceptors (Lipinski definition) is 3. The third kappa shape index (κ3) is 3.70. The van der Waals surface area contributed by atoms with E-state index in [9.17, 15) is 4.79 Å². The van der Waals surface area contributed by atoms with Gasteiger partial charge in [-0.2, -0.15) is 0 Å². The molecule has 0 aliphatic carbocycles. The summed E-state index contributed by atoms with van der Waals surface area (Å²) < 4.78 is 0. The molecule has 0 radical (unpaired) electrons. The van der Waals surface area contributed by atoms with E-state index in [4.69, 9.17) is 5.73 Å². The Morgan fingerprint density at radius 3 is 2.60 bits per heavy atom. The molecule has 0 spiro atoms. The Balaban J connectivity index is 2.04. The molecule has 0 saturated heterocycles. The molecular weight excluding hydrogens is 268 g/mol. The van der Waals surface area contributed by atoms with Crippen molar-refractivity contribution in [1.29, 1.82) is 0 Å². The molecule has 1 heterocycles. The van der Waals surface area contributed by atoms with Gasteiger partial charge in [0, 0.05) is 16.1 Å². The van der Waals surface area contributed by atoms with Crippen LogP contribution in [0.3, 0.4) is 0 Å². The van der Waals surface area contributed by atoms with Crippen LogP contribution in [-0.4, -0.2) is 12.5 Å². The highest BCUT2D eigenvalue weighted by Crippen LogP contribution is 2.18. The first-order valence-corrected chi connectivity index (χ1v) is 7.23. The van der Waals surface area contributed by atoms with E-state index >= 15 is 0 Å². The molecule has 0 saturated carbocycles. The summed E-state index contributed by atoms with van der Waals surface area (Å²) >= 11 is 1.53. The number of amides is 1. The van der Waals surface area contributed by atoms with Gasteiger partial charge in [-0.15, -0.1) is 11.3 Å². The van der Waals surface area contributed by atoms with Crippen molar-refractivity contribution in [3.8, 4) is 11.8 Å². The average molecular weight is 284 g/mol. The van der Waals surface area contributed by atoms with Crippen LogP contribution in [0.15, 0.2) is 36.4 Å².